The number of Topliss-reactive ketones (excluding diaryl/α,β-unsaturated/α-hetero) is 1. The predicted molar refractivity (Wildman–Crippen MR) is 65.9 cm³/mol. The van der Waals surface area contributed by atoms with Gasteiger partial charge in [0.05, 0.1) is 5.33 Å². The first kappa shape index (κ1) is 10.4. The summed E-state index contributed by atoms with van der Waals surface area (Å²) in [6.07, 6.45) is 0. The van der Waals surface area contributed by atoms with Gasteiger partial charge in [-0.05, 0) is 29.7 Å². The topological polar surface area (TPSA) is 17.1 Å². The summed E-state index contributed by atoms with van der Waals surface area (Å²) >= 11 is 3.21. The van der Waals surface area contributed by atoms with Gasteiger partial charge in [-0.25, -0.2) is 0 Å². The van der Waals surface area contributed by atoms with Gasteiger partial charge in [0.2, 0.25) is 0 Å². The third-order valence-corrected chi connectivity index (χ3v) is 3.05. The lowest BCUT2D eigenvalue weighted by Gasteiger charge is -1.97. The second kappa shape index (κ2) is 4.15. The van der Waals surface area contributed by atoms with E-state index >= 15 is 0 Å². The summed E-state index contributed by atoms with van der Waals surface area (Å²) in [5.41, 5.74) is 4.17. The molecule has 76 valence electrons. The second-order valence-electron chi connectivity index (χ2n) is 3.54. The maximum atomic E-state index is 11.7. The van der Waals surface area contributed by atoms with Gasteiger partial charge in [0, 0.05) is 5.56 Å². The molecule has 0 radical (unpaired) electrons. The van der Waals surface area contributed by atoms with Crippen molar-refractivity contribution in [2.24, 2.45) is 0 Å². The van der Waals surface area contributed by atoms with Crippen molar-refractivity contribution in [1.82, 2.24) is 0 Å². The number of aryl methyl sites for hydroxylation is 1. The average molecular weight is 263 g/mol. The minimum absolute atomic E-state index is 0.138. The number of rotatable bonds is 2. The van der Waals surface area contributed by atoms with Gasteiger partial charge in [0.15, 0.2) is 5.78 Å². The molecule has 0 N–H and O–H groups in total. The highest BCUT2D eigenvalue weighted by Gasteiger charge is 2.16. The van der Waals surface area contributed by atoms with Gasteiger partial charge in [0.1, 0.15) is 0 Å². The molecule has 0 aliphatic heterocycles. The van der Waals surface area contributed by atoms with Gasteiger partial charge in [-0.2, -0.15) is 0 Å². The van der Waals surface area contributed by atoms with Crippen LogP contribution in [0.25, 0.3) is 11.1 Å². The van der Waals surface area contributed by atoms with Crippen LogP contribution in [0, 0.1) is 6.92 Å². The lowest BCUT2D eigenvalue weighted by molar-refractivity contribution is 0.102. The normalized spacial score (nSPS) is 10.5. The van der Waals surface area contributed by atoms with Crippen molar-refractivity contribution < 1.29 is 4.79 Å². The van der Waals surface area contributed by atoms with Crippen LogP contribution in [-0.4, -0.2) is 11.1 Å². The third-order valence-electron chi connectivity index (χ3n) is 2.54. The zero-order valence-electron chi connectivity index (χ0n) is 8.46. The summed E-state index contributed by atoms with van der Waals surface area (Å²) in [6.45, 7) is 2.04. The van der Waals surface area contributed by atoms with Gasteiger partial charge in [0.25, 0.3) is 0 Å². The summed E-state index contributed by atoms with van der Waals surface area (Å²) in [6, 6.07) is 12.0. The van der Waals surface area contributed by atoms with E-state index in [1.54, 1.807) is 0 Å². The molecule has 0 unspecified atom stereocenters. The summed E-state index contributed by atoms with van der Waals surface area (Å²) in [5.74, 6) is 0.138. The number of carbonyl (C=O) groups is 1. The van der Waals surface area contributed by atoms with E-state index in [9.17, 15) is 4.79 Å². The van der Waals surface area contributed by atoms with Crippen LogP contribution in [0.4, 0.5) is 0 Å². The van der Waals surface area contributed by atoms with Crippen molar-refractivity contribution >= 4 is 21.7 Å². The van der Waals surface area contributed by atoms with Crippen molar-refractivity contribution in [3.05, 3.63) is 47.5 Å². The highest BCUT2D eigenvalue weighted by atomic mass is 79.9. The summed E-state index contributed by atoms with van der Waals surface area (Å²) in [4.78, 5) is 11.7. The van der Waals surface area contributed by atoms with E-state index in [4.69, 9.17) is 0 Å². The number of carbonyl (C=O) groups excluding carboxylic acids is 1. The van der Waals surface area contributed by atoms with Gasteiger partial charge in [-0.3, -0.25) is 4.79 Å². The van der Waals surface area contributed by atoms with Crippen LogP contribution >= 0.6 is 15.9 Å². The van der Waals surface area contributed by atoms with Crippen LogP contribution in [0.3, 0.4) is 0 Å². The number of fused-ring (bicyclic) bond motifs is 1. The van der Waals surface area contributed by atoms with Crippen molar-refractivity contribution in [2.45, 2.75) is 6.92 Å². The van der Waals surface area contributed by atoms with Crippen LogP contribution in [0.15, 0.2) is 36.4 Å². The Bertz CT molecular complexity index is 476. The fourth-order valence-corrected chi connectivity index (χ4v) is 2.10. The minimum atomic E-state index is 0.138. The molecule has 2 aliphatic carbocycles. The Labute approximate surface area is 97.6 Å². The standard InChI is InChI=1S/C13H11BrO/c1-9-7-12(13(15)8-14)11-6-4-2-3-5-10(9)11/h2-7H,8H2,1H3. The maximum absolute atomic E-state index is 11.7. The van der Waals surface area contributed by atoms with Crippen molar-refractivity contribution in [1.29, 1.82) is 0 Å². The molecule has 15 heavy (non-hydrogen) atoms. The van der Waals surface area contributed by atoms with Gasteiger partial charge < -0.3 is 0 Å². The Balaban J connectivity index is 2.67. The molecule has 0 saturated heterocycles. The molecule has 0 atom stereocenters. The highest BCUT2D eigenvalue weighted by molar-refractivity contribution is 9.09. The lowest BCUT2D eigenvalue weighted by Crippen LogP contribution is -1.98. The molecule has 0 saturated carbocycles. The summed E-state index contributed by atoms with van der Waals surface area (Å²) in [5, 5.41) is 0.379. The molecule has 1 nitrogen and oxygen atoms in total. The Kier molecular flexibility index (Phi) is 2.87. The van der Waals surface area contributed by atoms with Crippen molar-refractivity contribution in [3.63, 3.8) is 0 Å². The second-order valence-corrected chi connectivity index (χ2v) is 4.10. The SMILES string of the molecule is Cc1cc(C(=O)CBr)c2cccccc1-2. The van der Waals surface area contributed by atoms with E-state index in [-0.39, 0.29) is 5.78 Å². The first-order valence-electron chi connectivity index (χ1n) is 4.81. The maximum Gasteiger partial charge on any atom is 0.174 e. The van der Waals surface area contributed by atoms with Crippen LogP contribution in [0.1, 0.15) is 15.9 Å². The minimum Gasteiger partial charge on any atom is -0.293 e. The quantitative estimate of drug-likeness (QED) is 0.596. The van der Waals surface area contributed by atoms with Crippen LogP contribution in [0.2, 0.25) is 0 Å². The largest absolute Gasteiger partial charge is 0.293 e. The van der Waals surface area contributed by atoms with E-state index in [0.717, 1.165) is 22.3 Å². The first-order chi connectivity index (χ1) is 7.24. The zero-order valence-corrected chi connectivity index (χ0v) is 10.0. The fourth-order valence-electron chi connectivity index (χ4n) is 1.80. The summed E-state index contributed by atoms with van der Waals surface area (Å²) < 4.78 is 0. The molecular weight excluding hydrogens is 252 g/mol. The van der Waals surface area contributed by atoms with Crippen LogP contribution in [-0.2, 0) is 0 Å². The average Bonchev–Trinajstić information content (AvgIpc) is 2.45. The zero-order chi connectivity index (χ0) is 10.8. The van der Waals surface area contributed by atoms with Crippen LogP contribution < -0.4 is 0 Å². The van der Waals surface area contributed by atoms with Gasteiger partial charge in [-0.1, -0.05) is 46.3 Å². The molecule has 0 heterocycles. The summed E-state index contributed by atoms with van der Waals surface area (Å²) in [7, 11) is 0. The molecule has 2 heteroatoms. The van der Waals surface area contributed by atoms with Crippen molar-refractivity contribution in [2.75, 3.05) is 5.33 Å². The first-order valence-corrected chi connectivity index (χ1v) is 5.93. The van der Waals surface area contributed by atoms with E-state index in [1.165, 1.54) is 0 Å². The molecule has 2 aliphatic rings. The molecule has 0 amide bonds. The van der Waals surface area contributed by atoms with E-state index in [0.29, 0.717) is 5.33 Å². The number of ketones is 1. The lowest BCUT2D eigenvalue weighted by atomic mass is 10.1. The molecule has 0 aromatic rings. The Morgan fingerprint density at radius 3 is 2.53 bits per heavy atom. The third kappa shape index (κ3) is 1.82. The Morgan fingerprint density at radius 1 is 1.20 bits per heavy atom. The molecule has 0 fully saturated rings. The number of hydrogen-bond donors (Lipinski definition) is 0. The molecule has 0 spiro atoms. The van der Waals surface area contributed by atoms with Crippen molar-refractivity contribution in [3.8, 4) is 11.1 Å². The molecular formula is C13H11BrO. The van der Waals surface area contributed by atoms with E-state index in [2.05, 4.69) is 22.0 Å². The monoisotopic (exact) mass is 262 g/mol. The number of alkyl halides is 1. The fraction of sp³-hybridized carbons (Fsp3) is 0.154. The Morgan fingerprint density at radius 2 is 1.87 bits per heavy atom. The van der Waals surface area contributed by atoms with Crippen LogP contribution in [0.5, 0.6) is 0 Å². The number of halogens is 1. The smallest absolute Gasteiger partial charge is 0.174 e. The Hall–Kier alpha value is -1.15. The van der Waals surface area contributed by atoms with E-state index < -0.39 is 0 Å². The molecule has 0 aromatic carbocycles. The van der Waals surface area contributed by atoms with E-state index in [1.807, 2.05) is 37.3 Å². The van der Waals surface area contributed by atoms with Gasteiger partial charge >= 0.3 is 0 Å². The number of hydrogen-bond acceptors (Lipinski definition) is 1. The predicted octanol–water partition coefficient (Wildman–Crippen LogP) is 3.68. The molecule has 0 bridgehead atoms. The highest BCUT2D eigenvalue weighted by Crippen LogP contribution is 2.31. The van der Waals surface area contributed by atoms with Gasteiger partial charge in [-0.15, -0.1) is 0 Å². The molecule has 0 aromatic heterocycles. The molecule has 2 rings (SSSR count).